The van der Waals surface area contributed by atoms with Gasteiger partial charge >= 0.3 is 0 Å². The molecule has 0 fully saturated rings. The van der Waals surface area contributed by atoms with Gasteiger partial charge in [0.05, 0.1) is 5.70 Å². The zero-order valence-corrected chi connectivity index (χ0v) is 5.66. The summed E-state index contributed by atoms with van der Waals surface area (Å²) in [6.07, 6.45) is 0. The Morgan fingerprint density at radius 3 is 2.11 bits per heavy atom. The number of halogens is 1. The van der Waals surface area contributed by atoms with Gasteiger partial charge in [-0.3, -0.25) is 9.59 Å². The van der Waals surface area contributed by atoms with Gasteiger partial charge in [0.2, 0.25) is 5.91 Å². The van der Waals surface area contributed by atoms with Crippen LogP contribution in [0.1, 0.15) is 6.92 Å². The van der Waals surface area contributed by atoms with Crippen LogP contribution in [0.5, 0.6) is 0 Å². The minimum absolute atomic E-state index is 0.0934. The molecule has 0 spiro atoms. The first kappa shape index (κ1) is 8.17. The van der Waals surface area contributed by atoms with Crippen molar-refractivity contribution < 1.29 is 9.59 Å². The second-order valence-corrected chi connectivity index (χ2v) is 1.78. The third-order valence-corrected chi connectivity index (χ3v) is 0.792. The summed E-state index contributed by atoms with van der Waals surface area (Å²) in [5.74, 6) is -0.353. The lowest BCUT2D eigenvalue weighted by molar-refractivity contribution is -0.119. The molecule has 0 aliphatic rings. The van der Waals surface area contributed by atoms with Crippen molar-refractivity contribution >= 4 is 22.8 Å². The van der Waals surface area contributed by atoms with Gasteiger partial charge in [0.15, 0.2) is 0 Å². The maximum Gasteiger partial charge on any atom is 0.268 e. The van der Waals surface area contributed by atoms with E-state index < -0.39 is 5.24 Å². The lowest BCUT2D eigenvalue weighted by atomic mass is 10.5. The molecule has 0 unspecified atom stereocenters. The molecule has 0 bridgehead atoms. The third-order valence-electron chi connectivity index (χ3n) is 0.564. The minimum Gasteiger partial charge on any atom is -0.323 e. The number of carbonyl (C=O) groups is 2. The highest BCUT2D eigenvalue weighted by Crippen LogP contribution is 1.90. The normalized spacial score (nSPS) is 8.22. The highest BCUT2D eigenvalue weighted by Gasteiger charge is 2.02. The van der Waals surface area contributed by atoms with Gasteiger partial charge < -0.3 is 5.32 Å². The van der Waals surface area contributed by atoms with Crippen molar-refractivity contribution in [3.63, 3.8) is 0 Å². The molecule has 0 heterocycles. The largest absolute Gasteiger partial charge is 0.323 e. The molecule has 0 aliphatic carbocycles. The number of nitrogens with one attached hydrogen (secondary N) is 1. The van der Waals surface area contributed by atoms with E-state index in [0.717, 1.165) is 0 Å². The predicted octanol–water partition coefficient (Wildman–Crippen LogP) is 0.402. The van der Waals surface area contributed by atoms with Crippen LogP contribution in [0.25, 0.3) is 0 Å². The van der Waals surface area contributed by atoms with Gasteiger partial charge in [0.25, 0.3) is 5.24 Å². The fraction of sp³-hybridized carbons (Fsp3) is 0.200. The Balaban J connectivity index is 3.79. The standard InChI is InChI=1S/C5H6ClNO2/c1-3(5(6)9)7-4(2)8/h1H2,2H3,(H,7,8). The summed E-state index contributed by atoms with van der Waals surface area (Å²) in [6, 6.07) is 0. The summed E-state index contributed by atoms with van der Waals surface area (Å²) in [6.45, 7) is 4.45. The van der Waals surface area contributed by atoms with Crippen LogP contribution in [0.15, 0.2) is 12.3 Å². The van der Waals surface area contributed by atoms with Crippen LogP contribution in [0, 0.1) is 0 Å². The van der Waals surface area contributed by atoms with E-state index in [9.17, 15) is 9.59 Å². The average molecular weight is 148 g/mol. The molecule has 0 aromatic carbocycles. The number of rotatable bonds is 2. The van der Waals surface area contributed by atoms with Gasteiger partial charge in [-0.25, -0.2) is 0 Å². The first-order valence-corrected chi connectivity index (χ1v) is 2.58. The van der Waals surface area contributed by atoms with Gasteiger partial charge in [-0.2, -0.15) is 0 Å². The van der Waals surface area contributed by atoms with E-state index in [2.05, 4.69) is 11.9 Å². The minimum atomic E-state index is -0.745. The Labute approximate surface area is 57.7 Å². The predicted molar refractivity (Wildman–Crippen MR) is 33.8 cm³/mol. The van der Waals surface area contributed by atoms with Gasteiger partial charge in [0.1, 0.15) is 0 Å². The molecule has 4 heteroatoms. The topological polar surface area (TPSA) is 46.2 Å². The highest BCUT2D eigenvalue weighted by atomic mass is 35.5. The number of hydrogen-bond donors (Lipinski definition) is 1. The quantitative estimate of drug-likeness (QED) is 0.454. The molecule has 0 saturated carbocycles. The van der Waals surface area contributed by atoms with Crippen molar-refractivity contribution in [2.75, 3.05) is 0 Å². The summed E-state index contributed by atoms with van der Waals surface area (Å²) in [7, 11) is 0. The molecule has 3 nitrogen and oxygen atoms in total. The number of allylic oxidation sites excluding steroid dienone is 1. The lowest BCUT2D eigenvalue weighted by Crippen LogP contribution is -2.21. The van der Waals surface area contributed by atoms with Crippen LogP contribution < -0.4 is 5.32 Å². The van der Waals surface area contributed by atoms with Crippen molar-refractivity contribution in [2.45, 2.75) is 6.92 Å². The van der Waals surface area contributed by atoms with Crippen molar-refractivity contribution in [1.82, 2.24) is 5.32 Å². The van der Waals surface area contributed by atoms with Crippen LogP contribution in [-0.4, -0.2) is 11.1 Å². The summed E-state index contributed by atoms with van der Waals surface area (Å²) in [4.78, 5) is 20.3. The Hall–Kier alpha value is -0.830. The van der Waals surface area contributed by atoms with Crippen LogP contribution >= 0.6 is 11.6 Å². The second-order valence-electron chi connectivity index (χ2n) is 1.43. The van der Waals surface area contributed by atoms with Crippen molar-refractivity contribution in [1.29, 1.82) is 0 Å². The molecule has 0 rings (SSSR count). The fourth-order valence-corrected chi connectivity index (χ4v) is 0.309. The summed E-state index contributed by atoms with van der Waals surface area (Å²) in [5.41, 5.74) is -0.0934. The van der Waals surface area contributed by atoms with Crippen molar-refractivity contribution in [2.24, 2.45) is 0 Å². The molecule has 0 aromatic rings. The molecular formula is C5H6ClNO2. The zero-order valence-electron chi connectivity index (χ0n) is 4.90. The first-order chi connectivity index (χ1) is 4.04. The van der Waals surface area contributed by atoms with Crippen LogP contribution in [0.3, 0.4) is 0 Å². The molecule has 0 radical (unpaired) electrons. The SMILES string of the molecule is C=C(NC(C)=O)C(=O)Cl. The van der Waals surface area contributed by atoms with Crippen LogP contribution in [-0.2, 0) is 9.59 Å². The molecule has 9 heavy (non-hydrogen) atoms. The first-order valence-electron chi connectivity index (χ1n) is 2.20. The monoisotopic (exact) mass is 147 g/mol. The Morgan fingerprint density at radius 1 is 1.56 bits per heavy atom. The van der Waals surface area contributed by atoms with Crippen LogP contribution in [0.2, 0.25) is 0 Å². The molecule has 1 N–H and O–H groups in total. The number of hydrogen-bond acceptors (Lipinski definition) is 2. The number of amides is 1. The van der Waals surface area contributed by atoms with E-state index in [1.807, 2.05) is 0 Å². The molecule has 0 saturated heterocycles. The molecule has 0 aromatic heterocycles. The smallest absolute Gasteiger partial charge is 0.268 e. The molecule has 0 atom stereocenters. The molecule has 1 amide bonds. The van der Waals surface area contributed by atoms with E-state index in [1.54, 1.807) is 0 Å². The van der Waals surface area contributed by atoms with Gasteiger partial charge in [0, 0.05) is 6.92 Å². The summed E-state index contributed by atoms with van der Waals surface area (Å²) >= 11 is 4.92. The average Bonchev–Trinajstić information content (AvgIpc) is 1.63. The lowest BCUT2D eigenvalue weighted by Gasteiger charge is -1.96. The van der Waals surface area contributed by atoms with E-state index in [-0.39, 0.29) is 11.6 Å². The van der Waals surface area contributed by atoms with Gasteiger partial charge in [-0.05, 0) is 11.6 Å². The zero-order chi connectivity index (χ0) is 7.44. The van der Waals surface area contributed by atoms with Crippen molar-refractivity contribution in [3.05, 3.63) is 12.3 Å². The molecule has 0 aliphatic heterocycles. The van der Waals surface area contributed by atoms with E-state index in [4.69, 9.17) is 11.6 Å². The van der Waals surface area contributed by atoms with Crippen molar-refractivity contribution in [3.8, 4) is 0 Å². The van der Waals surface area contributed by atoms with Gasteiger partial charge in [-0.1, -0.05) is 6.58 Å². The molecule has 50 valence electrons. The van der Waals surface area contributed by atoms with E-state index in [0.29, 0.717) is 0 Å². The Kier molecular flexibility index (Phi) is 2.95. The van der Waals surface area contributed by atoms with E-state index in [1.165, 1.54) is 6.92 Å². The maximum absolute atomic E-state index is 10.2. The summed E-state index contributed by atoms with van der Waals surface area (Å²) in [5, 5.41) is 1.38. The summed E-state index contributed by atoms with van der Waals surface area (Å²) < 4.78 is 0. The Bertz CT molecular complexity index is 164. The second kappa shape index (κ2) is 3.25. The highest BCUT2D eigenvalue weighted by molar-refractivity contribution is 6.67. The maximum atomic E-state index is 10.2. The third kappa shape index (κ3) is 3.73. The van der Waals surface area contributed by atoms with Gasteiger partial charge in [-0.15, -0.1) is 0 Å². The molecular weight excluding hydrogens is 142 g/mol. The van der Waals surface area contributed by atoms with Crippen LogP contribution in [0.4, 0.5) is 0 Å². The Morgan fingerprint density at radius 2 is 2.00 bits per heavy atom. The fourth-order valence-electron chi connectivity index (χ4n) is 0.262. The van der Waals surface area contributed by atoms with E-state index >= 15 is 0 Å². The number of carbonyl (C=O) groups excluding carboxylic acids is 2.